The largest absolute Gasteiger partial charge is 0.382 e. The zero-order chi connectivity index (χ0) is 10.1. The molecular formula is C11H15ClN2. The molecular weight excluding hydrogens is 196 g/mol. The molecule has 1 aliphatic heterocycles. The van der Waals surface area contributed by atoms with Gasteiger partial charge in [-0.15, -0.1) is 0 Å². The maximum atomic E-state index is 6.20. The van der Waals surface area contributed by atoms with Crippen molar-refractivity contribution in [2.45, 2.75) is 13.3 Å². The molecule has 0 amide bonds. The first-order valence-electron chi connectivity index (χ1n) is 4.93. The molecule has 1 aromatic rings. The highest BCUT2D eigenvalue weighted by molar-refractivity contribution is 6.34. The molecule has 0 saturated heterocycles. The van der Waals surface area contributed by atoms with Crippen molar-refractivity contribution in [3.8, 4) is 0 Å². The topological polar surface area (TPSA) is 15.3 Å². The van der Waals surface area contributed by atoms with Crippen molar-refractivity contribution in [2.24, 2.45) is 0 Å². The van der Waals surface area contributed by atoms with Crippen LogP contribution in [0.4, 0.5) is 11.4 Å². The van der Waals surface area contributed by atoms with Gasteiger partial charge in [0.25, 0.3) is 0 Å². The lowest BCUT2D eigenvalue weighted by atomic mass is 10.2. The number of hydrogen-bond acceptors (Lipinski definition) is 2. The van der Waals surface area contributed by atoms with E-state index in [4.69, 9.17) is 11.6 Å². The Kier molecular flexibility index (Phi) is 2.55. The molecule has 1 aliphatic rings. The number of halogens is 1. The molecule has 0 saturated carbocycles. The van der Waals surface area contributed by atoms with Crippen molar-refractivity contribution in [3.63, 3.8) is 0 Å². The molecule has 1 heterocycles. The third kappa shape index (κ3) is 1.67. The Bertz CT molecular complexity index is 349. The van der Waals surface area contributed by atoms with Gasteiger partial charge in [0.1, 0.15) is 0 Å². The van der Waals surface area contributed by atoms with Gasteiger partial charge in [-0.3, -0.25) is 0 Å². The van der Waals surface area contributed by atoms with Gasteiger partial charge < -0.3 is 10.2 Å². The van der Waals surface area contributed by atoms with E-state index in [2.05, 4.69) is 30.3 Å². The van der Waals surface area contributed by atoms with Crippen LogP contribution in [0, 0.1) is 6.92 Å². The third-order valence-corrected chi connectivity index (χ3v) is 2.90. The summed E-state index contributed by atoms with van der Waals surface area (Å²) < 4.78 is 0. The Balaban J connectivity index is 2.53. The maximum absolute atomic E-state index is 6.20. The fraction of sp³-hybridized carbons (Fsp3) is 0.455. The first-order chi connectivity index (χ1) is 6.68. The van der Waals surface area contributed by atoms with Gasteiger partial charge in [0.2, 0.25) is 0 Å². The van der Waals surface area contributed by atoms with Crippen LogP contribution in [-0.4, -0.2) is 20.1 Å². The van der Waals surface area contributed by atoms with Crippen molar-refractivity contribution >= 4 is 23.0 Å². The first-order valence-corrected chi connectivity index (χ1v) is 5.31. The zero-order valence-electron chi connectivity index (χ0n) is 8.60. The molecule has 76 valence electrons. The summed E-state index contributed by atoms with van der Waals surface area (Å²) >= 11 is 6.20. The van der Waals surface area contributed by atoms with Crippen molar-refractivity contribution < 1.29 is 0 Å². The quantitative estimate of drug-likeness (QED) is 0.709. The van der Waals surface area contributed by atoms with E-state index in [9.17, 15) is 0 Å². The molecule has 0 unspecified atom stereocenters. The molecule has 0 bridgehead atoms. The van der Waals surface area contributed by atoms with E-state index in [-0.39, 0.29) is 0 Å². The van der Waals surface area contributed by atoms with Crippen LogP contribution in [0.5, 0.6) is 0 Å². The number of rotatable bonds is 0. The number of hydrogen-bond donors (Lipinski definition) is 1. The minimum atomic E-state index is 0.828. The smallest absolute Gasteiger partial charge is 0.0767 e. The van der Waals surface area contributed by atoms with Gasteiger partial charge in [-0.25, -0.2) is 0 Å². The molecule has 2 rings (SSSR count). The molecule has 0 spiro atoms. The summed E-state index contributed by atoms with van der Waals surface area (Å²) in [4.78, 5) is 2.26. The summed E-state index contributed by atoms with van der Waals surface area (Å²) in [5.74, 6) is 0. The molecule has 0 radical (unpaired) electrons. The predicted octanol–water partition coefficient (Wildman–Crippen LogP) is 2.90. The normalized spacial score (nSPS) is 15.8. The summed E-state index contributed by atoms with van der Waals surface area (Å²) in [5, 5.41) is 4.20. The van der Waals surface area contributed by atoms with Crippen LogP contribution in [-0.2, 0) is 0 Å². The summed E-state index contributed by atoms with van der Waals surface area (Å²) in [6.07, 6.45) is 1.15. The van der Waals surface area contributed by atoms with Crippen molar-refractivity contribution in [3.05, 3.63) is 22.7 Å². The van der Waals surface area contributed by atoms with Crippen molar-refractivity contribution in [1.82, 2.24) is 0 Å². The van der Waals surface area contributed by atoms with Gasteiger partial charge >= 0.3 is 0 Å². The van der Waals surface area contributed by atoms with E-state index in [1.54, 1.807) is 0 Å². The first kappa shape index (κ1) is 9.66. The van der Waals surface area contributed by atoms with E-state index >= 15 is 0 Å². The lowest BCUT2D eigenvalue weighted by Gasteiger charge is -2.20. The molecule has 1 aromatic carbocycles. The SMILES string of the molecule is Cc1cc(Cl)c2c(c1)N(C)CCCN2. The van der Waals surface area contributed by atoms with E-state index in [0.29, 0.717) is 0 Å². The van der Waals surface area contributed by atoms with Crippen LogP contribution in [0.2, 0.25) is 5.02 Å². The van der Waals surface area contributed by atoms with Gasteiger partial charge in [-0.1, -0.05) is 11.6 Å². The summed E-state index contributed by atoms with van der Waals surface area (Å²) in [6, 6.07) is 4.19. The second-order valence-corrected chi connectivity index (χ2v) is 4.25. The minimum Gasteiger partial charge on any atom is -0.382 e. The molecule has 14 heavy (non-hydrogen) atoms. The monoisotopic (exact) mass is 210 g/mol. The fourth-order valence-corrected chi connectivity index (χ4v) is 2.19. The number of benzene rings is 1. The van der Waals surface area contributed by atoms with Crippen LogP contribution in [0.15, 0.2) is 12.1 Å². The summed E-state index contributed by atoms with van der Waals surface area (Å²) in [6.45, 7) is 4.16. The van der Waals surface area contributed by atoms with Crippen LogP contribution in [0.3, 0.4) is 0 Å². The third-order valence-electron chi connectivity index (χ3n) is 2.60. The van der Waals surface area contributed by atoms with Gasteiger partial charge in [-0.05, 0) is 31.0 Å². The highest BCUT2D eigenvalue weighted by Gasteiger charge is 2.14. The Morgan fingerprint density at radius 1 is 1.43 bits per heavy atom. The van der Waals surface area contributed by atoms with Gasteiger partial charge in [0, 0.05) is 20.1 Å². The summed E-state index contributed by atoms with van der Waals surface area (Å²) in [5.41, 5.74) is 3.51. The van der Waals surface area contributed by atoms with E-state index in [1.807, 2.05) is 6.07 Å². The highest BCUT2D eigenvalue weighted by Crippen LogP contribution is 2.35. The Morgan fingerprint density at radius 3 is 3.00 bits per heavy atom. The average Bonchev–Trinajstić information content (AvgIpc) is 2.29. The highest BCUT2D eigenvalue weighted by atomic mass is 35.5. The fourth-order valence-electron chi connectivity index (χ4n) is 1.85. The Hall–Kier alpha value is -0.890. The second-order valence-electron chi connectivity index (χ2n) is 3.84. The van der Waals surface area contributed by atoms with E-state index in [1.165, 1.54) is 11.3 Å². The van der Waals surface area contributed by atoms with Gasteiger partial charge in [0.05, 0.1) is 16.4 Å². The standard InChI is InChI=1S/C11H15ClN2/c1-8-6-9(12)11-10(7-8)14(2)5-3-4-13-11/h6-7,13H,3-5H2,1-2H3. The number of nitrogens with zero attached hydrogens (tertiary/aromatic N) is 1. The van der Waals surface area contributed by atoms with Gasteiger partial charge in [0.15, 0.2) is 0 Å². The molecule has 0 aliphatic carbocycles. The van der Waals surface area contributed by atoms with Crippen LogP contribution >= 0.6 is 11.6 Å². The lowest BCUT2D eigenvalue weighted by molar-refractivity contribution is 0.837. The minimum absolute atomic E-state index is 0.828. The van der Waals surface area contributed by atoms with Crippen LogP contribution in [0.25, 0.3) is 0 Å². The molecule has 2 nitrogen and oxygen atoms in total. The van der Waals surface area contributed by atoms with Crippen LogP contribution in [0.1, 0.15) is 12.0 Å². The molecule has 0 fully saturated rings. The number of fused-ring (bicyclic) bond motifs is 1. The molecule has 1 N–H and O–H groups in total. The second kappa shape index (κ2) is 3.70. The van der Waals surface area contributed by atoms with E-state index in [0.717, 1.165) is 30.2 Å². The molecule has 3 heteroatoms. The predicted molar refractivity (Wildman–Crippen MR) is 62.6 cm³/mol. The molecule has 0 aromatic heterocycles. The average molecular weight is 211 g/mol. The molecule has 0 atom stereocenters. The number of aryl methyl sites for hydroxylation is 1. The van der Waals surface area contributed by atoms with Crippen LogP contribution < -0.4 is 10.2 Å². The lowest BCUT2D eigenvalue weighted by Crippen LogP contribution is -2.17. The number of nitrogens with one attached hydrogen (secondary N) is 1. The van der Waals surface area contributed by atoms with Gasteiger partial charge in [-0.2, -0.15) is 0 Å². The maximum Gasteiger partial charge on any atom is 0.0767 e. The van der Waals surface area contributed by atoms with Crippen molar-refractivity contribution in [1.29, 1.82) is 0 Å². The summed E-state index contributed by atoms with van der Waals surface area (Å²) in [7, 11) is 2.11. The Labute approximate surface area is 89.9 Å². The van der Waals surface area contributed by atoms with Crippen molar-refractivity contribution in [2.75, 3.05) is 30.4 Å². The zero-order valence-corrected chi connectivity index (χ0v) is 9.36. The van der Waals surface area contributed by atoms with E-state index < -0.39 is 0 Å². The Morgan fingerprint density at radius 2 is 2.21 bits per heavy atom. The number of anilines is 2.